The molecule has 0 aliphatic carbocycles. The van der Waals surface area contributed by atoms with Crippen LogP contribution in [0, 0.1) is 11.8 Å². The Morgan fingerprint density at radius 3 is 2.11 bits per heavy atom. The molecule has 2 aromatic rings. The molecule has 0 saturated carbocycles. The van der Waals surface area contributed by atoms with Crippen molar-refractivity contribution in [2.24, 2.45) is 11.8 Å². The number of carbonyl (C=O) groups excluding carboxylic acids is 2. The first kappa shape index (κ1) is 28.7. The van der Waals surface area contributed by atoms with Gasteiger partial charge in [-0.15, -0.1) is 0 Å². The van der Waals surface area contributed by atoms with Crippen LogP contribution in [0.4, 0.5) is 0 Å². The van der Waals surface area contributed by atoms with E-state index in [0.717, 1.165) is 12.8 Å². The number of aryl methyl sites for hydroxylation is 1. The minimum Gasteiger partial charge on any atom is -0.412 e. The highest BCUT2D eigenvalue weighted by molar-refractivity contribution is 6.74. The Labute approximate surface area is 228 Å². The highest BCUT2D eigenvalue weighted by atomic mass is 28.4. The molecule has 4 rings (SSSR count). The van der Waals surface area contributed by atoms with Gasteiger partial charge in [0.05, 0.1) is 42.6 Å². The minimum atomic E-state index is -2.21. The zero-order valence-corrected chi connectivity index (χ0v) is 24.6. The predicted molar refractivity (Wildman–Crippen MR) is 152 cm³/mol. The molecule has 0 spiro atoms. The van der Waals surface area contributed by atoms with Gasteiger partial charge >= 0.3 is 0 Å². The summed E-state index contributed by atoms with van der Waals surface area (Å²) in [5, 5.41) is 10.1. The summed E-state index contributed by atoms with van der Waals surface area (Å²) in [6.07, 6.45) is 1.72. The smallest absolute Gasteiger partial charge is 0.261 e. The Balaban J connectivity index is 1.52. The maximum Gasteiger partial charge on any atom is 0.261 e. The molecule has 0 bridgehead atoms. The predicted octanol–water partition coefficient (Wildman–Crippen LogP) is 5.71. The second-order valence-electron chi connectivity index (χ2n) is 12.4. The molecule has 2 heterocycles. The molecule has 7 heteroatoms. The lowest BCUT2D eigenvalue weighted by Crippen LogP contribution is -2.49. The molecule has 38 heavy (non-hydrogen) atoms. The lowest BCUT2D eigenvalue weighted by Gasteiger charge is -2.40. The van der Waals surface area contributed by atoms with Gasteiger partial charge in [-0.1, -0.05) is 70.2 Å². The SMILES string of the molecule is C[C@H]1C(CC(CN2C(=O)c3ccccc3C2=O)O[Si](C)(C)C(C)(C)C)O[C@@H](CO)C1CCc1ccccc1. The first-order valence-electron chi connectivity index (χ1n) is 13.9. The molecule has 2 aliphatic heterocycles. The maximum absolute atomic E-state index is 13.2. The van der Waals surface area contributed by atoms with Crippen LogP contribution < -0.4 is 0 Å². The van der Waals surface area contributed by atoms with Crippen molar-refractivity contribution in [2.75, 3.05) is 13.2 Å². The van der Waals surface area contributed by atoms with E-state index in [2.05, 4.69) is 65.1 Å². The number of amides is 2. The van der Waals surface area contributed by atoms with Crippen molar-refractivity contribution in [3.05, 3.63) is 71.3 Å². The van der Waals surface area contributed by atoms with Gasteiger partial charge < -0.3 is 14.3 Å². The summed E-state index contributed by atoms with van der Waals surface area (Å²) in [5.74, 6) is -0.0887. The standard InChI is InChI=1S/C31H43NO5Si/c1-21-24(17-16-22-12-8-7-9-13-22)28(20-33)36-27(21)18-23(37-38(5,6)31(2,3)4)19-32-29(34)25-14-10-11-15-26(25)30(32)35/h7-15,21,23-24,27-28,33H,16-20H2,1-6H3/t21-,23?,24?,27?,28+/m1/s1. The minimum absolute atomic E-state index is 0.0214. The van der Waals surface area contributed by atoms with E-state index in [-0.39, 0.29) is 60.2 Å². The second kappa shape index (κ2) is 11.4. The molecule has 1 saturated heterocycles. The van der Waals surface area contributed by atoms with Crippen molar-refractivity contribution in [1.29, 1.82) is 0 Å². The van der Waals surface area contributed by atoms with Gasteiger partial charge in [-0.05, 0) is 60.5 Å². The summed E-state index contributed by atoms with van der Waals surface area (Å²) in [6, 6.07) is 17.4. The zero-order valence-electron chi connectivity index (χ0n) is 23.6. The summed E-state index contributed by atoms with van der Waals surface area (Å²) in [6.45, 7) is 13.3. The molecular formula is C31H43NO5Si. The summed E-state index contributed by atoms with van der Waals surface area (Å²) in [5.41, 5.74) is 2.19. The Morgan fingerprint density at radius 1 is 0.974 bits per heavy atom. The topological polar surface area (TPSA) is 76.1 Å². The van der Waals surface area contributed by atoms with Crippen LogP contribution in [0.25, 0.3) is 0 Å². The van der Waals surface area contributed by atoms with Crippen molar-refractivity contribution in [2.45, 2.75) is 83.4 Å². The fourth-order valence-corrected chi connectivity index (χ4v) is 6.92. The third-order valence-electron chi connectivity index (χ3n) is 8.91. The van der Waals surface area contributed by atoms with E-state index in [1.54, 1.807) is 24.3 Å². The molecule has 2 amide bonds. The lowest BCUT2D eigenvalue weighted by atomic mass is 9.83. The summed E-state index contributed by atoms with van der Waals surface area (Å²) in [7, 11) is -2.21. The third kappa shape index (κ3) is 5.96. The van der Waals surface area contributed by atoms with Crippen LogP contribution in [-0.2, 0) is 15.6 Å². The van der Waals surface area contributed by atoms with Gasteiger partial charge in [0.25, 0.3) is 11.8 Å². The molecule has 0 aromatic heterocycles. The summed E-state index contributed by atoms with van der Waals surface area (Å²) < 4.78 is 13.3. The van der Waals surface area contributed by atoms with Crippen molar-refractivity contribution >= 4 is 20.1 Å². The van der Waals surface area contributed by atoms with Crippen LogP contribution in [0.3, 0.4) is 0 Å². The fourth-order valence-electron chi connectivity index (χ4n) is 5.56. The van der Waals surface area contributed by atoms with E-state index in [1.807, 2.05) is 6.07 Å². The van der Waals surface area contributed by atoms with Gasteiger partial charge in [-0.3, -0.25) is 14.5 Å². The van der Waals surface area contributed by atoms with Crippen LogP contribution in [-0.4, -0.2) is 61.6 Å². The highest BCUT2D eigenvalue weighted by Gasteiger charge is 2.46. The quantitative estimate of drug-likeness (QED) is 0.310. The number of rotatable bonds is 10. The largest absolute Gasteiger partial charge is 0.412 e. The van der Waals surface area contributed by atoms with Crippen LogP contribution in [0.2, 0.25) is 18.1 Å². The van der Waals surface area contributed by atoms with Gasteiger partial charge in [-0.25, -0.2) is 0 Å². The Hall–Kier alpha value is -2.32. The number of nitrogens with zero attached hydrogens (tertiary/aromatic N) is 1. The number of ether oxygens (including phenoxy) is 1. The monoisotopic (exact) mass is 537 g/mol. The molecule has 2 aromatic carbocycles. The lowest BCUT2D eigenvalue weighted by molar-refractivity contribution is -0.0240. The molecular weight excluding hydrogens is 494 g/mol. The average Bonchev–Trinajstić information content (AvgIpc) is 3.30. The van der Waals surface area contributed by atoms with E-state index in [9.17, 15) is 14.7 Å². The first-order chi connectivity index (χ1) is 17.9. The normalized spacial score (nSPS) is 24.7. The van der Waals surface area contributed by atoms with E-state index in [4.69, 9.17) is 9.16 Å². The molecule has 2 aliphatic rings. The first-order valence-corrected chi connectivity index (χ1v) is 16.8. The number of carbonyl (C=O) groups is 2. The molecule has 0 radical (unpaired) electrons. The average molecular weight is 538 g/mol. The van der Waals surface area contributed by atoms with Crippen molar-refractivity contribution in [3.63, 3.8) is 0 Å². The van der Waals surface area contributed by atoms with Crippen molar-refractivity contribution in [1.82, 2.24) is 4.90 Å². The highest BCUT2D eigenvalue weighted by Crippen LogP contribution is 2.41. The molecule has 206 valence electrons. The number of hydrogen-bond acceptors (Lipinski definition) is 5. The van der Waals surface area contributed by atoms with Crippen molar-refractivity contribution < 1.29 is 23.9 Å². The number of hydrogen-bond donors (Lipinski definition) is 1. The molecule has 5 atom stereocenters. The van der Waals surface area contributed by atoms with Gasteiger partial charge in [0.15, 0.2) is 8.32 Å². The molecule has 3 unspecified atom stereocenters. The van der Waals surface area contributed by atoms with Crippen LogP contribution in [0.15, 0.2) is 54.6 Å². The van der Waals surface area contributed by atoms with Gasteiger partial charge in [-0.2, -0.15) is 0 Å². The molecule has 6 nitrogen and oxygen atoms in total. The zero-order chi connectivity index (χ0) is 27.7. The van der Waals surface area contributed by atoms with Gasteiger partial charge in [0.2, 0.25) is 0 Å². The van der Waals surface area contributed by atoms with Crippen molar-refractivity contribution in [3.8, 4) is 0 Å². The summed E-state index contributed by atoms with van der Waals surface area (Å²) in [4.78, 5) is 27.7. The maximum atomic E-state index is 13.2. The number of imide groups is 1. The van der Waals surface area contributed by atoms with E-state index in [0.29, 0.717) is 17.5 Å². The van der Waals surface area contributed by atoms with Crippen LogP contribution >= 0.6 is 0 Å². The van der Waals surface area contributed by atoms with Gasteiger partial charge in [0.1, 0.15) is 0 Å². The van der Waals surface area contributed by atoms with E-state index in [1.165, 1.54) is 10.5 Å². The number of aliphatic hydroxyl groups excluding tert-OH is 1. The van der Waals surface area contributed by atoms with Gasteiger partial charge in [0, 0.05) is 6.42 Å². The second-order valence-corrected chi connectivity index (χ2v) is 17.2. The Kier molecular flexibility index (Phi) is 8.62. The fraction of sp³-hybridized carbons (Fsp3) is 0.548. The molecule has 1 fully saturated rings. The number of benzene rings is 2. The molecule has 1 N–H and O–H groups in total. The van der Waals surface area contributed by atoms with Crippen LogP contribution in [0.1, 0.15) is 66.8 Å². The number of aliphatic hydroxyl groups is 1. The number of fused-ring (bicyclic) bond motifs is 1. The third-order valence-corrected chi connectivity index (χ3v) is 13.4. The summed E-state index contributed by atoms with van der Waals surface area (Å²) >= 11 is 0. The van der Waals surface area contributed by atoms with Crippen LogP contribution in [0.5, 0.6) is 0 Å². The van der Waals surface area contributed by atoms with E-state index >= 15 is 0 Å². The van der Waals surface area contributed by atoms with E-state index < -0.39 is 8.32 Å². The Bertz CT molecular complexity index is 1090. The Morgan fingerprint density at radius 2 is 1.55 bits per heavy atom.